The zero-order valence-corrected chi connectivity index (χ0v) is 18.5. The molecule has 4 aromatic rings. The average Bonchev–Trinajstić information content (AvgIpc) is 2.80. The molecule has 4 rings (SSSR count). The molecule has 32 heavy (non-hydrogen) atoms. The zero-order chi connectivity index (χ0) is 22.7. The van der Waals surface area contributed by atoms with Crippen molar-refractivity contribution >= 4 is 22.3 Å². The fourth-order valence-electron chi connectivity index (χ4n) is 4.05. The Labute approximate surface area is 186 Å². The van der Waals surface area contributed by atoms with Gasteiger partial charge in [0.1, 0.15) is 11.6 Å². The Kier molecular flexibility index (Phi) is 6.32. The number of nitrogens with zero attached hydrogens (tertiary/aromatic N) is 3. The lowest BCUT2D eigenvalue weighted by Gasteiger charge is -2.23. The van der Waals surface area contributed by atoms with Crippen LogP contribution in [0.2, 0.25) is 0 Å². The monoisotopic (exact) mass is 431 g/mol. The molecule has 0 fully saturated rings. The van der Waals surface area contributed by atoms with Crippen LogP contribution in [0.5, 0.6) is 0 Å². The van der Waals surface area contributed by atoms with E-state index in [4.69, 9.17) is 9.72 Å². The van der Waals surface area contributed by atoms with Gasteiger partial charge in [-0.1, -0.05) is 30.3 Å². The highest BCUT2D eigenvalue weighted by Crippen LogP contribution is 2.26. The lowest BCUT2D eigenvalue weighted by Crippen LogP contribution is -2.32. The van der Waals surface area contributed by atoms with E-state index in [1.165, 1.54) is 12.1 Å². The van der Waals surface area contributed by atoms with E-state index in [1.807, 2.05) is 67.4 Å². The van der Waals surface area contributed by atoms with Crippen LogP contribution in [0.4, 0.5) is 15.8 Å². The molecule has 1 atom stereocenters. The van der Waals surface area contributed by atoms with Gasteiger partial charge in [0.05, 0.1) is 23.6 Å². The van der Waals surface area contributed by atoms with Crippen LogP contribution >= 0.6 is 0 Å². The van der Waals surface area contributed by atoms with Crippen molar-refractivity contribution < 1.29 is 9.13 Å². The van der Waals surface area contributed by atoms with E-state index in [0.717, 1.165) is 16.9 Å². The Morgan fingerprint density at radius 2 is 1.72 bits per heavy atom. The molecule has 0 radical (unpaired) electrons. The molecule has 3 aromatic carbocycles. The third-order valence-corrected chi connectivity index (χ3v) is 5.70. The van der Waals surface area contributed by atoms with Crippen LogP contribution in [0, 0.1) is 12.7 Å². The molecule has 0 aliphatic heterocycles. The third kappa shape index (κ3) is 4.41. The predicted octanol–water partition coefficient (Wildman–Crippen LogP) is 5.04. The lowest BCUT2D eigenvalue weighted by atomic mass is 10.1. The Balaban J connectivity index is 1.77. The summed E-state index contributed by atoms with van der Waals surface area (Å²) in [4.78, 5) is 20.2. The number of aromatic nitrogens is 2. The van der Waals surface area contributed by atoms with Crippen LogP contribution in [0.1, 0.15) is 17.4 Å². The number of rotatable bonds is 7. The maximum Gasteiger partial charge on any atom is 0.261 e. The van der Waals surface area contributed by atoms with Crippen molar-refractivity contribution in [3.8, 4) is 0 Å². The summed E-state index contributed by atoms with van der Waals surface area (Å²) in [6, 6.07) is 21.7. The number of benzene rings is 3. The first kappa shape index (κ1) is 21.7. The second-order valence-electron chi connectivity index (χ2n) is 7.87. The van der Waals surface area contributed by atoms with Gasteiger partial charge in [-0.3, -0.25) is 9.36 Å². The summed E-state index contributed by atoms with van der Waals surface area (Å²) in [6.45, 7) is 2.26. The molecule has 0 spiro atoms. The van der Waals surface area contributed by atoms with Crippen molar-refractivity contribution in [3.63, 3.8) is 0 Å². The van der Waals surface area contributed by atoms with Crippen molar-refractivity contribution in [1.82, 2.24) is 9.55 Å². The first-order chi connectivity index (χ1) is 15.5. The summed E-state index contributed by atoms with van der Waals surface area (Å²) in [5.74, 6) is 0.367. The SMILES string of the molecule is COC[C@@H](Cc1ccccc1)n1c(C)nc2ccc(N(C)c3ccc(F)cc3)cc2c1=O. The Hall–Kier alpha value is -3.51. The minimum Gasteiger partial charge on any atom is -0.383 e. The van der Waals surface area contributed by atoms with E-state index >= 15 is 0 Å². The standard InChI is InChI=1S/C26H26FN3O2/c1-18-28-25-14-13-22(29(2)21-11-9-20(27)10-12-21)16-24(25)26(31)30(18)23(17-32-3)15-19-7-5-4-6-8-19/h4-14,16,23H,15,17H2,1-3H3/t23-/m1/s1. The van der Waals surface area contributed by atoms with Gasteiger partial charge in [-0.25, -0.2) is 9.37 Å². The summed E-state index contributed by atoms with van der Waals surface area (Å²) < 4.78 is 20.5. The van der Waals surface area contributed by atoms with Crippen molar-refractivity contribution in [2.24, 2.45) is 0 Å². The van der Waals surface area contributed by atoms with Crippen molar-refractivity contribution in [3.05, 3.63) is 100 Å². The van der Waals surface area contributed by atoms with Gasteiger partial charge in [0, 0.05) is 25.5 Å². The second kappa shape index (κ2) is 9.32. The van der Waals surface area contributed by atoms with Gasteiger partial charge in [0.25, 0.3) is 5.56 Å². The highest BCUT2D eigenvalue weighted by atomic mass is 19.1. The summed E-state index contributed by atoms with van der Waals surface area (Å²) in [7, 11) is 3.53. The van der Waals surface area contributed by atoms with Crippen LogP contribution in [-0.4, -0.2) is 30.3 Å². The molecule has 164 valence electrons. The van der Waals surface area contributed by atoms with Gasteiger partial charge in [-0.15, -0.1) is 0 Å². The molecule has 6 heteroatoms. The molecule has 1 heterocycles. The van der Waals surface area contributed by atoms with Gasteiger partial charge in [0.2, 0.25) is 0 Å². The fraction of sp³-hybridized carbons (Fsp3) is 0.231. The fourth-order valence-corrected chi connectivity index (χ4v) is 4.05. The van der Waals surface area contributed by atoms with Crippen LogP contribution < -0.4 is 10.5 Å². The number of methoxy groups -OCH3 is 1. The minimum atomic E-state index is -0.286. The maximum absolute atomic E-state index is 13.6. The second-order valence-corrected chi connectivity index (χ2v) is 7.87. The first-order valence-electron chi connectivity index (χ1n) is 10.5. The van der Waals surface area contributed by atoms with Crippen LogP contribution in [0.25, 0.3) is 10.9 Å². The number of anilines is 2. The molecule has 0 N–H and O–H groups in total. The van der Waals surface area contributed by atoms with Crippen molar-refractivity contribution in [2.75, 3.05) is 25.7 Å². The van der Waals surface area contributed by atoms with Gasteiger partial charge in [0.15, 0.2) is 0 Å². The molecule has 0 saturated carbocycles. The van der Waals surface area contributed by atoms with Crippen molar-refractivity contribution in [2.45, 2.75) is 19.4 Å². The molecule has 1 aromatic heterocycles. The summed E-state index contributed by atoms with van der Waals surface area (Å²) in [6.07, 6.45) is 0.664. The maximum atomic E-state index is 13.6. The van der Waals surface area contributed by atoms with Crippen LogP contribution in [-0.2, 0) is 11.2 Å². The zero-order valence-electron chi connectivity index (χ0n) is 18.5. The van der Waals surface area contributed by atoms with E-state index in [2.05, 4.69) is 0 Å². The minimum absolute atomic E-state index is 0.0974. The predicted molar refractivity (Wildman–Crippen MR) is 126 cm³/mol. The van der Waals surface area contributed by atoms with E-state index in [1.54, 1.807) is 23.8 Å². The average molecular weight is 432 g/mol. The number of fused-ring (bicyclic) bond motifs is 1. The number of halogens is 1. The van der Waals surface area contributed by atoms with E-state index in [0.29, 0.717) is 29.8 Å². The topological polar surface area (TPSA) is 47.4 Å². The van der Waals surface area contributed by atoms with Crippen LogP contribution in [0.3, 0.4) is 0 Å². The molecule has 0 aliphatic carbocycles. The number of aryl methyl sites for hydroxylation is 1. The van der Waals surface area contributed by atoms with Gasteiger partial charge in [-0.2, -0.15) is 0 Å². The lowest BCUT2D eigenvalue weighted by molar-refractivity contribution is 0.152. The molecule has 0 saturated heterocycles. The van der Waals surface area contributed by atoms with E-state index < -0.39 is 0 Å². The highest BCUT2D eigenvalue weighted by molar-refractivity contribution is 5.83. The van der Waals surface area contributed by atoms with Gasteiger partial charge >= 0.3 is 0 Å². The molecule has 0 bridgehead atoms. The molecule has 0 amide bonds. The smallest absolute Gasteiger partial charge is 0.261 e. The van der Waals surface area contributed by atoms with E-state index in [9.17, 15) is 9.18 Å². The highest BCUT2D eigenvalue weighted by Gasteiger charge is 2.19. The van der Waals surface area contributed by atoms with Crippen molar-refractivity contribution in [1.29, 1.82) is 0 Å². The Morgan fingerprint density at radius 3 is 2.41 bits per heavy atom. The third-order valence-electron chi connectivity index (χ3n) is 5.70. The van der Waals surface area contributed by atoms with E-state index in [-0.39, 0.29) is 17.4 Å². The van der Waals surface area contributed by atoms with Gasteiger partial charge < -0.3 is 9.64 Å². The Morgan fingerprint density at radius 1 is 1.03 bits per heavy atom. The molecule has 0 aliphatic rings. The van der Waals surface area contributed by atoms with Crippen LogP contribution in [0.15, 0.2) is 77.6 Å². The molecule has 5 nitrogen and oxygen atoms in total. The Bertz CT molecular complexity index is 1270. The number of hydrogen-bond donors (Lipinski definition) is 0. The quantitative estimate of drug-likeness (QED) is 0.411. The normalized spacial score (nSPS) is 12.1. The summed E-state index contributed by atoms with van der Waals surface area (Å²) in [5, 5.41) is 0.538. The first-order valence-corrected chi connectivity index (χ1v) is 10.5. The number of hydrogen-bond acceptors (Lipinski definition) is 4. The molecule has 0 unspecified atom stereocenters. The summed E-state index contributed by atoms with van der Waals surface area (Å²) in [5.41, 5.74) is 3.33. The summed E-state index contributed by atoms with van der Waals surface area (Å²) >= 11 is 0. The largest absolute Gasteiger partial charge is 0.383 e. The number of ether oxygens (including phenoxy) is 1. The molecular formula is C26H26FN3O2. The molecular weight excluding hydrogens is 405 g/mol. The van der Waals surface area contributed by atoms with Gasteiger partial charge in [-0.05, 0) is 61.4 Å².